The second-order valence-corrected chi connectivity index (χ2v) is 6.55. The van der Waals surface area contributed by atoms with E-state index in [1.807, 2.05) is 12.1 Å². The number of carbonyl (C=O) groups excluding carboxylic acids is 1. The van der Waals surface area contributed by atoms with Gasteiger partial charge in [-0.05, 0) is 54.5 Å². The lowest BCUT2D eigenvalue weighted by molar-refractivity contribution is -0.134. The molecule has 1 saturated carbocycles. The molecule has 0 aliphatic heterocycles. The summed E-state index contributed by atoms with van der Waals surface area (Å²) in [6.07, 6.45) is 3.78. The lowest BCUT2D eigenvalue weighted by Gasteiger charge is -2.16. The van der Waals surface area contributed by atoms with Crippen LogP contribution < -0.4 is 14.2 Å². The fourth-order valence-corrected chi connectivity index (χ4v) is 2.98. The molecular formula is C22H26O4. The molecule has 2 aromatic carbocycles. The van der Waals surface area contributed by atoms with Crippen LogP contribution in [0.3, 0.4) is 0 Å². The number of ether oxygens (including phenoxy) is 3. The SMILES string of the molecule is CCC(=O)Oc1cccc(OC)c1COc1ccc(CC)cc1C1CC1. The summed E-state index contributed by atoms with van der Waals surface area (Å²) in [7, 11) is 1.61. The molecule has 0 saturated heterocycles. The highest BCUT2D eigenvalue weighted by atomic mass is 16.5. The van der Waals surface area contributed by atoms with Gasteiger partial charge in [-0.15, -0.1) is 0 Å². The second kappa shape index (κ2) is 8.26. The van der Waals surface area contributed by atoms with E-state index in [0.29, 0.717) is 30.4 Å². The molecule has 0 spiro atoms. The number of aryl methyl sites for hydroxylation is 1. The van der Waals surface area contributed by atoms with Gasteiger partial charge in [-0.3, -0.25) is 4.79 Å². The Hall–Kier alpha value is -2.49. The first-order valence-electron chi connectivity index (χ1n) is 9.28. The van der Waals surface area contributed by atoms with Crippen molar-refractivity contribution in [1.82, 2.24) is 0 Å². The van der Waals surface area contributed by atoms with Crippen molar-refractivity contribution in [2.75, 3.05) is 7.11 Å². The molecule has 0 heterocycles. The van der Waals surface area contributed by atoms with Gasteiger partial charge in [0.25, 0.3) is 0 Å². The monoisotopic (exact) mass is 354 g/mol. The molecule has 1 aliphatic carbocycles. The Morgan fingerprint density at radius 1 is 1.08 bits per heavy atom. The Morgan fingerprint density at radius 3 is 2.50 bits per heavy atom. The van der Waals surface area contributed by atoms with Crippen molar-refractivity contribution in [2.45, 2.75) is 52.1 Å². The predicted octanol–water partition coefficient (Wildman–Crippen LogP) is 5.03. The summed E-state index contributed by atoms with van der Waals surface area (Å²) < 4.78 is 17.0. The van der Waals surface area contributed by atoms with Crippen LogP contribution in [0.4, 0.5) is 0 Å². The van der Waals surface area contributed by atoms with Crippen LogP contribution in [0.25, 0.3) is 0 Å². The van der Waals surface area contributed by atoms with E-state index in [-0.39, 0.29) is 5.97 Å². The average molecular weight is 354 g/mol. The largest absolute Gasteiger partial charge is 0.496 e. The van der Waals surface area contributed by atoms with Gasteiger partial charge in [-0.25, -0.2) is 0 Å². The maximum absolute atomic E-state index is 11.7. The van der Waals surface area contributed by atoms with Crippen LogP contribution in [0.1, 0.15) is 55.7 Å². The maximum Gasteiger partial charge on any atom is 0.310 e. The molecule has 4 heteroatoms. The summed E-state index contributed by atoms with van der Waals surface area (Å²) in [4.78, 5) is 11.7. The molecule has 26 heavy (non-hydrogen) atoms. The highest BCUT2D eigenvalue weighted by Crippen LogP contribution is 2.45. The van der Waals surface area contributed by atoms with Gasteiger partial charge in [0.1, 0.15) is 23.9 Å². The zero-order chi connectivity index (χ0) is 18.5. The molecule has 0 N–H and O–H groups in total. The fraction of sp³-hybridized carbons (Fsp3) is 0.409. The van der Waals surface area contributed by atoms with Gasteiger partial charge in [-0.2, -0.15) is 0 Å². The van der Waals surface area contributed by atoms with Crippen LogP contribution in [-0.2, 0) is 17.8 Å². The zero-order valence-electron chi connectivity index (χ0n) is 15.7. The fourth-order valence-electron chi connectivity index (χ4n) is 2.98. The molecular weight excluding hydrogens is 328 g/mol. The van der Waals surface area contributed by atoms with E-state index in [1.165, 1.54) is 24.0 Å². The molecule has 0 aromatic heterocycles. The number of carbonyl (C=O) groups is 1. The molecule has 1 aliphatic rings. The first kappa shape index (κ1) is 18.3. The highest BCUT2D eigenvalue weighted by molar-refractivity contribution is 5.72. The number of hydrogen-bond acceptors (Lipinski definition) is 4. The van der Waals surface area contributed by atoms with Crippen molar-refractivity contribution in [3.63, 3.8) is 0 Å². The summed E-state index contributed by atoms with van der Waals surface area (Å²) >= 11 is 0. The number of hydrogen-bond donors (Lipinski definition) is 0. The summed E-state index contributed by atoms with van der Waals surface area (Å²) in [6, 6.07) is 11.9. The predicted molar refractivity (Wildman–Crippen MR) is 101 cm³/mol. The van der Waals surface area contributed by atoms with Crippen molar-refractivity contribution < 1.29 is 19.0 Å². The van der Waals surface area contributed by atoms with E-state index in [4.69, 9.17) is 14.2 Å². The van der Waals surface area contributed by atoms with Crippen LogP contribution in [0.15, 0.2) is 36.4 Å². The van der Waals surface area contributed by atoms with Gasteiger partial charge in [-0.1, -0.05) is 32.0 Å². The standard InChI is InChI=1S/C22H26O4/c1-4-15-9-12-20(17(13-15)16-10-11-16)25-14-18-19(24-3)7-6-8-21(18)26-22(23)5-2/h6-9,12-13,16H,4-5,10-11,14H2,1-3H3. The molecule has 0 radical (unpaired) electrons. The Morgan fingerprint density at radius 2 is 1.85 bits per heavy atom. The van der Waals surface area contributed by atoms with Crippen molar-refractivity contribution in [2.24, 2.45) is 0 Å². The first-order chi connectivity index (χ1) is 12.7. The van der Waals surface area contributed by atoms with Gasteiger partial charge >= 0.3 is 5.97 Å². The molecule has 4 nitrogen and oxygen atoms in total. The molecule has 0 atom stereocenters. The van der Waals surface area contributed by atoms with E-state index >= 15 is 0 Å². The average Bonchev–Trinajstić information content (AvgIpc) is 3.51. The quantitative estimate of drug-likeness (QED) is 0.493. The molecule has 1 fully saturated rings. The van der Waals surface area contributed by atoms with Crippen LogP contribution in [0.5, 0.6) is 17.2 Å². The number of methoxy groups -OCH3 is 1. The third kappa shape index (κ3) is 4.18. The van der Waals surface area contributed by atoms with Gasteiger partial charge < -0.3 is 14.2 Å². The van der Waals surface area contributed by atoms with Crippen LogP contribution in [-0.4, -0.2) is 13.1 Å². The number of benzene rings is 2. The van der Waals surface area contributed by atoms with Gasteiger partial charge in [0.05, 0.1) is 12.7 Å². The lowest BCUT2D eigenvalue weighted by Crippen LogP contribution is -2.10. The van der Waals surface area contributed by atoms with Crippen molar-refractivity contribution in [3.8, 4) is 17.2 Å². The van der Waals surface area contributed by atoms with Gasteiger partial charge in [0.2, 0.25) is 0 Å². The van der Waals surface area contributed by atoms with Crippen molar-refractivity contribution >= 4 is 5.97 Å². The first-order valence-corrected chi connectivity index (χ1v) is 9.28. The molecule has 2 aromatic rings. The minimum atomic E-state index is -0.273. The highest BCUT2D eigenvalue weighted by Gasteiger charge is 2.27. The smallest absolute Gasteiger partial charge is 0.310 e. The van der Waals surface area contributed by atoms with Crippen LogP contribution in [0.2, 0.25) is 0 Å². The second-order valence-electron chi connectivity index (χ2n) is 6.55. The van der Waals surface area contributed by atoms with E-state index in [2.05, 4.69) is 25.1 Å². The normalized spacial score (nSPS) is 13.3. The lowest BCUT2D eigenvalue weighted by atomic mass is 10.0. The minimum absolute atomic E-state index is 0.273. The van der Waals surface area contributed by atoms with Gasteiger partial charge in [0, 0.05) is 6.42 Å². The molecule has 3 rings (SSSR count). The Bertz CT molecular complexity index is 778. The Kier molecular flexibility index (Phi) is 5.82. The van der Waals surface area contributed by atoms with Crippen LogP contribution in [0, 0.1) is 0 Å². The number of esters is 1. The van der Waals surface area contributed by atoms with E-state index < -0.39 is 0 Å². The molecule has 0 bridgehead atoms. The van der Waals surface area contributed by atoms with E-state index in [0.717, 1.165) is 17.7 Å². The Balaban J connectivity index is 1.84. The third-order valence-electron chi connectivity index (χ3n) is 4.69. The van der Waals surface area contributed by atoms with Crippen LogP contribution >= 0.6 is 0 Å². The topological polar surface area (TPSA) is 44.8 Å². The van der Waals surface area contributed by atoms with E-state index in [9.17, 15) is 4.79 Å². The third-order valence-corrected chi connectivity index (χ3v) is 4.69. The maximum atomic E-state index is 11.7. The Labute approximate surface area is 155 Å². The van der Waals surface area contributed by atoms with Crippen molar-refractivity contribution in [1.29, 1.82) is 0 Å². The van der Waals surface area contributed by atoms with E-state index in [1.54, 1.807) is 20.1 Å². The van der Waals surface area contributed by atoms with Crippen molar-refractivity contribution in [3.05, 3.63) is 53.1 Å². The zero-order valence-corrected chi connectivity index (χ0v) is 15.7. The number of rotatable bonds is 8. The van der Waals surface area contributed by atoms with Gasteiger partial charge in [0.15, 0.2) is 0 Å². The summed E-state index contributed by atoms with van der Waals surface area (Å²) in [5.74, 6) is 2.39. The summed E-state index contributed by atoms with van der Waals surface area (Å²) in [6.45, 7) is 4.23. The molecule has 138 valence electrons. The molecule has 0 unspecified atom stereocenters. The molecule has 0 amide bonds. The minimum Gasteiger partial charge on any atom is -0.496 e. The summed E-state index contributed by atoms with van der Waals surface area (Å²) in [5.41, 5.74) is 3.36. The summed E-state index contributed by atoms with van der Waals surface area (Å²) in [5, 5.41) is 0.